The number of carbonyl (C=O) groups is 1. The molecule has 0 aliphatic carbocycles. The summed E-state index contributed by atoms with van der Waals surface area (Å²) in [5.41, 5.74) is 2.99. The molecule has 2 saturated heterocycles. The van der Waals surface area contributed by atoms with Crippen molar-refractivity contribution in [2.45, 2.75) is 26.2 Å². The van der Waals surface area contributed by atoms with Gasteiger partial charge in [0.1, 0.15) is 11.5 Å². The molecule has 2 fully saturated rings. The van der Waals surface area contributed by atoms with E-state index < -0.39 is 0 Å². The van der Waals surface area contributed by atoms with E-state index in [2.05, 4.69) is 55.4 Å². The number of anilines is 4. The van der Waals surface area contributed by atoms with Crippen molar-refractivity contribution in [3.05, 3.63) is 36.5 Å². The van der Waals surface area contributed by atoms with E-state index in [1.165, 1.54) is 24.9 Å². The lowest BCUT2D eigenvalue weighted by Crippen LogP contribution is -2.48. The fraction of sp³-hybridized carbons (Fsp3) is 0.435. The minimum Gasteiger partial charge on any atom is -0.368 e. The van der Waals surface area contributed by atoms with Gasteiger partial charge < -0.3 is 25.0 Å². The number of nitrogens with zero attached hydrogens (tertiary/aromatic N) is 5. The summed E-state index contributed by atoms with van der Waals surface area (Å²) in [6.45, 7) is 7.00. The number of hydrogen-bond acceptors (Lipinski definition) is 6. The number of piperazine rings is 1. The van der Waals surface area contributed by atoms with Crippen molar-refractivity contribution in [3.63, 3.8) is 0 Å². The van der Waals surface area contributed by atoms with Gasteiger partial charge in [-0.2, -0.15) is 9.97 Å². The second kappa shape index (κ2) is 8.45. The average Bonchev–Trinajstić information content (AvgIpc) is 3.28. The van der Waals surface area contributed by atoms with Crippen molar-refractivity contribution < 1.29 is 4.79 Å². The lowest BCUT2D eigenvalue weighted by Gasteiger charge is -2.35. The van der Waals surface area contributed by atoms with Gasteiger partial charge in [0, 0.05) is 63.8 Å². The molecule has 0 atom stereocenters. The normalized spacial score (nSPS) is 17.3. The number of rotatable bonds is 4. The Morgan fingerprint density at radius 1 is 0.903 bits per heavy atom. The van der Waals surface area contributed by atoms with Crippen LogP contribution in [0.5, 0.6) is 0 Å². The van der Waals surface area contributed by atoms with E-state index in [1.807, 2.05) is 11.1 Å². The number of benzene rings is 1. The molecule has 0 spiro atoms. The number of hydrogen-bond donors (Lipinski definition) is 2. The van der Waals surface area contributed by atoms with Crippen LogP contribution in [0, 0.1) is 0 Å². The highest BCUT2D eigenvalue weighted by molar-refractivity contribution is 5.89. The van der Waals surface area contributed by atoms with Gasteiger partial charge in [-0.15, -0.1) is 0 Å². The molecule has 0 bridgehead atoms. The van der Waals surface area contributed by atoms with Crippen LogP contribution >= 0.6 is 0 Å². The van der Waals surface area contributed by atoms with Gasteiger partial charge in [0.2, 0.25) is 11.9 Å². The summed E-state index contributed by atoms with van der Waals surface area (Å²) in [4.78, 5) is 30.9. The molecule has 0 radical (unpaired) electrons. The molecule has 1 amide bonds. The summed E-state index contributed by atoms with van der Waals surface area (Å²) in [6, 6.07) is 10.4. The number of aromatic amines is 1. The Labute approximate surface area is 182 Å². The maximum absolute atomic E-state index is 11.5. The van der Waals surface area contributed by atoms with Crippen molar-refractivity contribution >= 4 is 40.1 Å². The Bertz CT molecular complexity index is 1050. The molecular weight excluding hydrogens is 390 g/mol. The minimum atomic E-state index is 0.155. The van der Waals surface area contributed by atoms with Crippen molar-refractivity contribution in [2.24, 2.45) is 0 Å². The molecule has 1 aromatic carbocycles. The third kappa shape index (κ3) is 4.15. The van der Waals surface area contributed by atoms with E-state index in [1.54, 1.807) is 6.92 Å². The Morgan fingerprint density at radius 3 is 2.35 bits per heavy atom. The highest BCUT2D eigenvalue weighted by Crippen LogP contribution is 2.28. The van der Waals surface area contributed by atoms with Gasteiger partial charge >= 0.3 is 0 Å². The highest BCUT2D eigenvalue weighted by Gasteiger charge is 2.20. The fourth-order valence-electron chi connectivity index (χ4n) is 4.49. The largest absolute Gasteiger partial charge is 0.368 e. The van der Waals surface area contributed by atoms with Gasteiger partial charge in [-0.05, 0) is 49.6 Å². The summed E-state index contributed by atoms with van der Waals surface area (Å²) in [7, 11) is 0. The van der Waals surface area contributed by atoms with Gasteiger partial charge in [-0.1, -0.05) is 0 Å². The van der Waals surface area contributed by atoms with Gasteiger partial charge in [-0.3, -0.25) is 4.79 Å². The predicted octanol–water partition coefficient (Wildman–Crippen LogP) is 3.36. The van der Waals surface area contributed by atoms with E-state index >= 15 is 0 Å². The minimum absolute atomic E-state index is 0.155. The number of carbonyl (C=O) groups excluding carboxylic acids is 1. The first-order chi connectivity index (χ1) is 15.2. The molecule has 3 aromatic rings. The quantitative estimate of drug-likeness (QED) is 0.675. The number of H-pyrrole nitrogens is 1. The fourth-order valence-corrected chi connectivity index (χ4v) is 4.49. The number of amides is 1. The number of aromatic nitrogens is 3. The SMILES string of the molecule is CC(=O)N1CCN(c2ccc(Nc3nc(N4CCCCC4)c4cc[nH]c4n3)cc2)CC1. The molecule has 5 rings (SSSR count). The molecule has 2 aliphatic heterocycles. The van der Waals surface area contributed by atoms with Crippen LogP contribution in [0.15, 0.2) is 36.5 Å². The van der Waals surface area contributed by atoms with Crippen molar-refractivity contribution in [3.8, 4) is 0 Å². The van der Waals surface area contributed by atoms with Crippen molar-refractivity contribution in [1.29, 1.82) is 0 Å². The first-order valence-corrected chi connectivity index (χ1v) is 11.1. The van der Waals surface area contributed by atoms with Crippen molar-refractivity contribution in [1.82, 2.24) is 19.9 Å². The van der Waals surface area contributed by atoms with E-state index in [-0.39, 0.29) is 5.91 Å². The monoisotopic (exact) mass is 419 g/mol. The topological polar surface area (TPSA) is 80.4 Å². The zero-order chi connectivity index (χ0) is 21.2. The number of piperidine rings is 1. The van der Waals surface area contributed by atoms with Crippen LogP contribution in [0.3, 0.4) is 0 Å². The van der Waals surface area contributed by atoms with Crippen molar-refractivity contribution in [2.75, 3.05) is 54.4 Å². The summed E-state index contributed by atoms with van der Waals surface area (Å²) in [5.74, 6) is 1.77. The first kappa shape index (κ1) is 19.7. The van der Waals surface area contributed by atoms with E-state index in [0.29, 0.717) is 5.95 Å². The van der Waals surface area contributed by atoms with E-state index in [4.69, 9.17) is 4.98 Å². The third-order valence-electron chi connectivity index (χ3n) is 6.26. The molecule has 31 heavy (non-hydrogen) atoms. The maximum atomic E-state index is 11.5. The van der Waals surface area contributed by atoms with Crippen LogP contribution in [0.25, 0.3) is 11.0 Å². The first-order valence-electron chi connectivity index (χ1n) is 11.1. The zero-order valence-electron chi connectivity index (χ0n) is 18.0. The lowest BCUT2D eigenvalue weighted by atomic mass is 10.1. The second-order valence-corrected chi connectivity index (χ2v) is 8.32. The van der Waals surface area contributed by atoms with Gasteiger partial charge in [0.25, 0.3) is 0 Å². The number of fused-ring (bicyclic) bond motifs is 1. The predicted molar refractivity (Wildman–Crippen MR) is 124 cm³/mol. The molecule has 8 heteroatoms. The highest BCUT2D eigenvalue weighted by atomic mass is 16.2. The Kier molecular flexibility index (Phi) is 5.36. The lowest BCUT2D eigenvalue weighted by molar-refractivity contribution is -0.129. The summed E-state index contributed by atoms with van der Waals surface area (Å²) in [6.07, 6.45) is 5.64. The summed E-state index contributed by atoms with van der Waals surface area (Å²) < 4.78 is 0. The molecule has 0 saturated carbocycles. The maximum Gasteiger partial charge on any atom is 0.231 e. The van der Waals surface area contributed by atoms with Crippen LogP contribution in [0.1, 0.15) is 26.2 Å². The smallest absolute Gasteiger partial charge is 0.231 e. The Balaban J connectivity index is 1.31. The van der Waals surface area contributed by atoms with Crippen LogP contribution in [-0.2, 0) is 4.79 Å². The molecule has 2 N–H and O–H groups in total. The Morgan fingerprint density at radius 2 is 1.65 bits per heavy atom. The van der Waals surface area contributed by atoms with Gasteiger partial charge in [0.15, 0.2) is 0 Å². The van der Waals surface area contributed by atoms with Crippen LogP contribution in [0.4, 0.5) is 23.1 Å². The summed E-state index contributed by atoms with van der Waals surface area (Å²) >= 11 is 0. The molecular formula is C23H29N7O. The molecule has 2 aliphatic rings. The van der Waals surface area contributed by atoms with Crippen LogP contribution in [-0.4, -0.2) is 65.0 Å². The third-order valence-corrected chi connectivity index (χ3v) is 6.26. The Hall–Kier alpha value is -3.29. The van der Waals surface area contributed by atoms with Crippen LogP contribution in [0.2, 0.25) is 0 Å². The molecule has 162 valence electrons. The standard InChI is InChI=1S/C23H29N7O/c1-17(31)28-13-15-29(16-14-28)19-7-5-18(6-8-19)25-23-26-21-20(9-10-24-21)22(27-23)30-11-3-2-4-12-30/h5-10H,2-4,11-16H2,1H3,(H2,24,25,26,27). The van der Waals surface area contributed by atoms with E-state index in [9.17, 15) is 4.79 Å². The molecule has 4 heterocycles. The average molecular weight is 420 g/mol. The van der Waals surface area contributed by atoms with Gasteiger partial charge in [0.05, 0.1) is 5.39 Å². The van der Waals surface area contributed by atoms with Crippen LogP contribution < -0.4 is 15.1 Å². The molecule has 8 nitrogen and oxygen atoms in total. The number of nitrogens with one attached hydrogen (secondary N) is 2. The van der Waals surface area contributed by atoms with E-state index in [0.717, 1.165) is 61.8 Å². The van der Waals surface area contributed by atoms with Gasteiger partial charge in [-0.25, -0.2) is 0 Å². The molecule has 2 aromatic heterocycles. The molecule has 0 unspecified atom stereocenters. The zero-order valence-corrected chi connectivity index (χ0v) is 18.0. The summed E-state index contributed by atoms with van der Waals surface area (Å²) in [5, 5.41) is 4.45. The second-order valence-electron chi connectivity index (χ2n) is 8.32.